The van der Waals surface area contributed by atoms with Gasteiger partial charge in [-0.15, -0.1) is 0 Å². The van der Waals surface area contributed by atoms with Crippen LogP contribution in [-0.4, -0.2) is 69.9 Å². The highest BCUT2D eigenvalue weighted by Crippen LogP contribution is 2.24. The predicted octanol–water partition coefficient (Wildman–Crippen LogP) is 2.42. The summed E-state index contributed by atoms with van der Waals surface area (Å²) in [5, 5.41) is 9.46. The van der Waals surface area contributed by atoms with Crippen LogP contribution in [0, 0.1) is 5.92 Å². The Morgan fingerprint density at radius 3 is 2.18 bits per heavy atom. The van der Waals surface area contributed by atoms with Gasteiger partial charge in [0.1, 0.15) is 6.04 Å². The first-order valence-electron chi connectivity index (χ1n) is 10.1. The van der Waals surface area contributed by atoms with Gasteiger partial charge in [0.15, 0.2) is 0 Å². The summed E-state index contributed by atoms with van der Waals surface area (Å²) < 4.78 is 0. The van der Waals surface area contributed by atoms with Crippen LogP contribution in [0.15, 0.2) is 30.3 Å². The molecule has 7 nitrogen and oxygen atoms in total. The van der Waals surface area contributed by atoms with Crippen LogP contribution in [0.1, 0.15) is 38.2 Å². The molecule has 0 aliphatic carbocycles. The molecule has 0 radical (unpaired) electrons. The zero-order valence-corrected chi connectivity index (χ0v) is 16.4. The van der Waals surface area contributed by atoms with Crippen LogP contribution in [0.25, 0.3) is 0 Å². The fraction of sp³-hybridized carbons (Fsp3) is 0.571. The van der Waals surface area contributed by atoms with Crippen molar-refractivity contribution in [2.45, 2.75) is 45.2 Å². The molecule has 152 valence electrons. The highest BCUT2D eigenvalue weighted by Gasteiger charge is 2.35. The quantitative estimate of drug-likeness (QED) is 0.841. The molecule has 1 unspecified atom stereocenters. The fourth-order valence-corrected chi connectivity index (χ4v) is 3.98. The van der Waals surface area contributed by atoms with E-state index in [9.17, 15) is 19.5 Å². The van der Waals surface area contributed by atoms with Crippen molar-refractivity contribution in [3.05, 3.63) is 35.9 Å². The van der Waals surface area contributed by atoms with Crippen LogP contribution in [0.4, 0.5) is 4.79 Å². The second kappa shape index (κ2) is 9.08. The summed E-state index contributed by atoms with van der Waals surface area (Å²) in [6, 6.07) is 8.62. The molecule has 1 N–H and O–H groups in total. The summed E-state index contributed by atoms with van der Waals surface area (Å²) in [6.45, 7) is 4.56. The highest BCUT2D eigenvalue weighted by molar-refractivity contribution is 5.85. The first-order valence-corrected chi connectivity index (χ1v) is 10.1. The molecule has 1 aromatic rings. The number of rotatable bonds is 5. The number of carboxylic acids is 1. The van der Waals surface area contributed by atoms with Gasteiger partial charge in [0.25, 0.3) is 0 Å². The second-order valence-electron chi connectivity index (χ2n) is 7.70. The van der Waals surface area contributed by atoms with E-state index in [-0.39, 0.29) is 24.4 Å². The van der Waals surface area contributed by atoms with Gasteiger partial charge in [-0.05, 0) is 38.2 Å². The number of carboxylic acid groups (broad SMARTS) is 1. The lowest BCUT2D eigenvalue weighted by molar-refractivity contribution is -0.152. The summed E-state index contributed by atoms with van der Waals surface area (Å²) in [6.07, 6.45) is 3.27. The number of nitrogens with zero attached hydrogens (tertiary/aromatic N) is 3. The minimum Gasteiger partial charge on any atom is -0.480 e. The average Bonchev–Trinajstić information content (AvgIpc) is 3.26. The van der Waals surface area contributed by atoms with Gasteiger partial charge in [-0.2, -0.15) is 0 Å². The lowest BCUT2D eigenvalue weighted by Gasteiger charge is -2.37. The van der Waals surface area contributed by atoms with Crippen molar-refractivity contribution in [3.63, 3.8) is 0 Å². The molecule has 0 saturated carbocycles. The molecular formula is C21H29N3O4. The Hall–Kier alpha value is -2.57. The Morgan fingerprint density at radius 1 is 1.04 bits per heavy atom. The lowest BCUT2D eigenvalue weighted by Crippen LogP contribution is -2.50. The second-order valence-corrected chi connectivity index (χ2v) is 7.70. The number of hydrogen-bond acceptors (Lipinski definition) is 3. The fourth-order valence-electron chi connectivity index (χ4n) is 3.98. The first kappa shape index (κ1) is 20.2. The van der Waals surface area contributed by atoms with Gasteiger partial charge in [-0.25, -0.2) is 9.59 Å². The number of piperidine rings is 1. The molecule has 2 aliphatic heterocycles. The predicted molar refractivity (Wildman–Crippen MR) is 105 cm³/mol. The number of amides is 3. The van der Waals surface area contributed by atoms with E-state index < -0.39 is 12.0 Å². The van der Waals surface area contributed by atoms with E-state index in [1.807, 2.05) is 40.1 Å². The third-order valence-electron chi connectivity index (χ3n) is 5.80. The van der Waals surface area contributed by atoms with E-state index >= 15 is 0 Å². The molecule has 1 atom stereocenters. The topological polar surface area (TPSA) is 81.2 Å². The van der Waals surface area contributed by atoms with Crippen molar-refractivity contribution >= 4 is 17.9 Å². The molecule has 2 saturated heterocycles. The van der Waals surface area contributed by atoms with Crippen molar-refractivity contribution in [1.82, 2.24) is 14.7 Å². The molecule has 7 heteroatoms. The van der Waals surface area contributed by atoms with E-state index in [1.165, 1.54) is 4.90 Å². The summed E-state index contributed by atoms with van der Waals surface area (Å²) in [5.74, 6) is -1.38. The van der Waals surface area contributed by atoms with Gasteiger partial charge < -0.3 is 19.8 Å². The van der Waals surface area contributed by atoms with Crippen LogP contribution < -0.4 is 0 Å². The van der Waals surface area contributed by atoms with E-state index in [0.717, 1.165) is 31.5 Å². The van der Waals surface area contributed by atoms with Crippen molar-refractivity contribution < 1.29 is 19.5 Å². The van der Waals surface area contributed by atoms with Gasteiger partial charge in [0.05, 0.1) is 0 Å². The number of carbonyl (C=O) groups is 3. The van der Waals surface area contributed by atoms with Crippen molar-refractivity contribution in [2.75, 3.05) is 26.2 Å². The number of benzene rings is 1. The Labute approximate surface area is 165 Å². The van der Waals surface area contributed by atoms with Gasteiger partial charge in [-0.1, -0.05) is 30.3 Å². The molecule has 3 amide bonds. The summed E-state index contributed by atoms with van der Waals surface area (Å²) in [4.78, 5) is 42.4. The number of likely N-dealkylation sites (tertiary alicyclic amines) is 2. The summed E-state index contributed by atoms with van der Waals surface area (Å²) in [7, 11) is 0. The maximum absolute atomic E-state index is 13.1. The summed E-state index contributed by atoms with van der Waals surface area (Å²) >= 11 is 0. The standard InChI is InChI=1S/C21H29N3O4/c1-16(20(26)27)24(15-17-7-3-2-4-8-17)19(25)18-9-13-23(14-10-18)21(28)22-11-5-6-12-22/h2-4,7-8,16,18H,5-6,9-15H2,1H3,(H,26,27). The number of hydrogen-bond donors (Lipinski definition) is 1. The number of carbonyl (C=O) groups excluding carboxylic acids is 2. The molecule has 0 spiro atoms. The minimum atomic E-state index is -1.01. The Morgan fingerprint density at radius 2 is 1.61 bits per heavy atom. The van der Waals surface area contributed by atoms with Crippen molar-refractivity contribution in [2.24, 2.45) is 5.92 Å². The third-order valence-corrected chi connectivity index (χ3v) is 5.80. The van der Waals surface area contributed by atoms with Crippen LogP contribution in [0.3, 0.4) is 0 Å². The zero-order chi connectivity index (χ0) is 20.1. The SMILES string of the molecule is CC(C(=O)O)N(Cc1ccccc1)C(=O)C1CCN(C(=O)N2CCCC2)CC1. The van der Waals surface area contributed by atoms with E-state index in [1.54, 1.807) is 6.92 Å². The average molecular weight is 387 g/mol. The molecule has 0 bridgehead atoms. The maximum atomic E-state index is 13.1. The molecule has 3 rings (SSSR count). The molecule has 2 aliphatic rings. The van der Waals surface area contributed by atoms with Crippen LogP contribution >= 0.6 is 0 Å². The molecule has 1 aromatic carbocycles. The van der Waals surface area contributed by atoms with Crippen LogP contribution in [-0.2, 0) is 16.1 Å². The molecular weight excluding hydrogens is 358 g/mol. The lowest BCUT2D eigenvalue weighted by atomic mass is 9.94. The highest BCUT2D eigenvalue weighted by atomic mass is 16.4. The molecule has 2 fully saturated rings. The Bertz CT molecular complexity index is 695. The normalized spacial score (nSPS) is 18.8. The molecule has 2 heterocycles. The van der Waals surface area contributed by atoms with Crippen molar-refractivity contribution in [3.8, 4) is 0 Å². The smallest absolute Gasteiger partial charge is 0.326 e. The van der Waals surface area contributed by atoms with Gasteiger partial charge in [0, 0.05) is 38.6 Å². The number of aliphatic carboxylic acids is 1. The third kappa shape index (κ3) is 4.64. The summed E-state index contributed by atoms with van der Waals surface area (Å²) in [5.41, 5.74) is 0.908. The zero-order valence-electron chi connectivity index (χ0n) is 16.4. The van der Waals surface area contributed by atoms with Crippen LogP contribution in [0.5, 0.6) is 0 Å². The van der Waals surface area contributed by atoms with E-state index in [0.29, 0.717) is 25.9 Å². The Balaban J connectivity index is 1.63. The van der Waals surface area contributed by atoms with Gasteiger partial charge in [-0.3, -0.25) is 4.79 Å². The molecule has 28 heavy (non-hydrogen) atoms. The Kier molecular flexibility index (Phi) is 6.54. The van der Waals surface area contributed by atoms with Gasteiger partial charge in [0.2, 0.25) is 5.91 Å². The van der Waals surface area contributed by atoms with E-state index in [2.05, 4.69) is 0 Å². The largest absolute Gasteiger partial charge is 0.480 e. The first-order chi connectivity index (χ1) is 13.5. The van der Waals surface area contributed by atoms with E-state index in [4.69, 9.17) is 0 Å². The van der Waals surface area contributed by atoms with Crippen molar-refractivity contribution in [1.29, 1.82) is 0 Å². The van der Waals surface area contributed by atoms with Crippen LogP contribution in [0.2, 0.25) is 0 Å². The minimum absolute atomic E-state index is 0.0726. The monoisotopic (exact) mass is 387 g/mol. The maximum Gasteiger partial charge on any atom is 0.326 e. The van der Waals surface area contributed by atoms with Gasteiger partial charge >= 0.3 is 12.0 Å². The molecule has 0 aromatic heterocycles. The number of urea groups is 1.